The Labute approximate surface area is 120 Å². The summed E-state index contributed by atoms with van der Waals surface area (Å²) < 4.78 is 14.0. The van der Waals surface area contributed by atoms with E-state index in [9.17, 15) is 4.39 Å². The Morgan fingerprint density at radius 2 is 2.11 bits per heavy atom. The van der Waals surface area contributed by atoms with Gasteiger partial charge in [0.2, 0.25) is 0 Å². The molecule has 0 bridgehead atoms. The van der Waals surface area contributed by atoms with Crippen LogP contribution in [0.25, 0.3) is 0 Å². The third kappa shape index (κ3) is 3.70. The zero-order valence-corrected chi connectivity index (χ0v) is 12.7. The highest BCUT2D eigenvalue weighted by molar-refractivity contribution is 6.31. The number of hydrogen-bond donors (Lipinski definition) is 1. The molecule has 1 aliphatic rings. The molecule has 1 unspecified atom stereocenters. The van der Waals surface area contributed by atoms with Crippen LogP contribution in [0.5, 0.6) is 0 Å². The van der Waals surface area contributed by atoms with E-state index in [0.717, 1.165) is 6.54 Å². The summed E-state index contributed by atoms with van der Waals surface area (Å²) in [5, 5.41) is 4.05. The molecular formula is C16H23ClFN. The van der Waals surface area contributed by atoms with Crippen molar-refractivity contribution < 1.29 is 4.39 Å². The lowest BCUT2D eigenvalue weighted by Crippen LogP contribution is -2.38. The first-order valence-corrected chi connectivity index (χ1v) is 7.46. The molecule has 0 aliphatic heterocycles. The molecule has 1 saturated carbocycles. The zero-order valence-electron chi connectivity index (χ0n) is 12.0. The van der Waals surface area contributed by atoms with Crippen molar-refractivity contribution in [2.75, 3.05) is 6.54 Å². The van der Waals surface area contributed by atoms with Crippen molar-refractivity contribution >= 4 is 11.6 Å². The molecule has 1 aliphatic carbocycles. The van der Waals surface area contributed by atoms with Gasteiger partial charge in [-0.3, -0.25) is 0 Å². The summed E-state index contributed by atoms with van der Waals surface area (Å²) in [5.41, 5.74) is 0.764. The molecule has 106 valence electrons. The maximum Gasteiger partial charge on any atom is 0.127 e. The Hall–Kier alpha value is -0.600. The minimum atomic E-state index is -0.177. The molecule has 1 N–H and O–H groups in total. The number of nitrogens with one attached hydrogen (secondary N) is 1. The molecule has 0 aromatic heterocycles. The van der Waals surface area contributed by atoms with Gasteiger partial charge in [0.1, 0.15) is 5.82 Å². The van der Waals surface area contributed by atoms with Gasteiger partial charge in [0.05, 0.1) is 0 Å². The number of benzene rings is 1. The highest BCUT2D eigenvalue weighted by atomic mass is 35.5. The molecule has 0 spiro atoms. The molecule has 1 atom stereocenters. The van der Waals surface area contributed by atoms with Gasteiger partial charge < -0.3 is 5.32 Å². The normalized spacial score (nSPS) is 18.6. The number of halogens is 2. The van der Waals surface area contributed by atoms with Crippen LogP contribution in [0.3, 0.4) is 0 Å². The lowest BCUT2D eigenvalue weighted by atomic mass is 9.78. The fourth-order valence-electron chi connectivity index (χ4n) is 2.67. The predicted molar refractivity (Wildman–Crippen MR) is 79.1 cm³/mol. The Morgan fingerprint density at radius 3 is 2.63 bits per heavy atom. The molecule has 2 rings (SSSR count). The largest absolute Gasteiger partial charge is 0.314 e. The van der Waals surface area contributed by atoms with Crippen molar-refractivity contribution in [3.05, 3.63) is 34.6 Å². The molecule has 0 radical (unpaired) electrons. The maximum absolute atomic E-state index is 14.0. The Kier molecular flexibility index (Phi) is 4.52. The van der Waals surface area contributed by atoms with Gasteiger partial charge >= 0.3 is 0 Å². The van der Waals surface area contributed by atoms with Crippen LogP contribution >= 0.6 is 11.6 Å². The van der Waals surface area contributed by atoms with Gasteiger partial charge in [-0.15, -0.1) is 0 Å². The van der Waals surface area contributed by atoms with Crippen LogP contribution in [0, 0.1) is 17.2 Å². The van der Waals surface area contributed by atoms with Crippen LogP contribution in [-0.2, 0) is 6.42 Å². The average Bonchev–Trinajstić information content (AvgIpc) is 3.16. The van der Waals surface area contributed by atoms with E-state index < -0.39 is 0 Å². The van der Waals surface area contributed by atoms with Crippen molar-refractivity contribution in [3.63, 3.8) is 0 Å². The van der Waals surface area contributed by atoms with Gasteiger partial charge in [0, 0.05) is 23.2 Å². The van der Waals surface area contributed by atoms with E-state index in [1.807, 2.05) is 0 Å². The van der Waals surface area contributed by atoms with E-state index in [1.54, 1.807) is 12.1 Å². The Morgan fingerprint density at radius 1 is 1.42 bits per heavy atom. The third-order valence-electron chi connectivity index (χ3n) is 4.12. The fraction of sp³-hybridized carbons (Fsp3) is 0.625. The van der Waals surface area contributed by atoms with Crippen molar-refractivity contribution in [1.29, 1.82) is 0 Å². The summed E-state index contributed by atoms with van der Waals surface area (Å²) in [7, 11) is 0. The first-order chi connectivity index (χ1) is 8.92. The third-order valence-corrected chi connectivity index (χ3v) is 4.47. The summed E-state index contributed by atoms with van der Waals surface area (Å²) in [6, 6.07) is 5.41. The van der Waals surface area contributed by atoms with Crippen molar-refractivity contribution in [3.8, 4) is 0 Å². The second-order valence-electron chi connectivity index (χ2n) is 6.34. The maximum atomic E-state index is 14.0. The van der Waals surface area contributed by atoms with Crippen LogP contribution < -0.4 is 5.32 Å². The highest BCUT2D eigenvalue weighted by Crippen LogP contribution is 2.47. The zero-order chi connectivity index (χ0) is 14.0. The quantitative estimate of drug-likeness (QED) is 0.814. The molecular weight excluding hydrogens is 261 g/mol. The van der Waals surface area contributed by atoms with Crippen LogP contribution in [0.2, 0.25) is 5.02 Å². The second-order valence-corrected chi connectivity index (χ2v) is 6.75. The first kappa shape index (κ1) is 14.8. The minimum absolute atomic E-state index is 0.0934. The lowest BCUT2D eigenvalue weighted by molar-refractivity contribution is 0.246. The molecule has 0 amide bonds. The van der Waals surface area contributed by atoms with Gasteiger partial charge in [-0.05, 0) is 42.7 Å². The number of rotatable bonds is 6. The van der Waals surface area contributed by atoms with Gasteiger partial charge in [-0.1, -0.05) is 38.4 Å². The smallest absolute Gasteiger partial charge is 0.127 e. The van der Waals surface area contributed by atoms with E-state index in [0.29, 0.717) is 29.0 Å². The highest BCUT2D eigenvalue weighted by Gasteiger charge is 2.41. The van der Waals surface area contributed by atoms with Gasteiger partial charge in [-0.25, -0.2) is 4.39 Å². The van der Waals surface area contributed by atoms with Gasteiger partial charge in [0.25, 0.3) is 0 Å². The lowest BCUT2D eigenvalue weighted by Gasteiger charge is -2.32. The van der Waals surface area contributed by atoms with Gasteiger partial charge in [0.15, 0.2) is 0 Å². The molecule has 0 heterocycles. The van der Waals surface area contributed by atoms with Crippen LogP contribution in [0.15, 0.2) is 18.2 Å². The molecule has 1 aromatic carbocycles. The average molecular weight is 284 g/mol. The van der Waals surface area contributed by atoms with Crippen LogP contribution in [0.4, 0.5) is 4.39 Å². The molecule has 1 nitrogen and oxygen atoms in total. The molecule has 19 heavy (non-hydrogen) atoms. The standard InChI is InChI=1S/C16H23ClFN/c1-11(2)19-10-16(3,12-7-8-12)9-13-14(17)5-4-6-15(13)18/h4-6,11-12,19H,7-10H2,1-3H3. The van der Waals surface area contributed by atoms with Crippen molar-refractivity contribution in [2.24, 2.45) is 11.3 Å². The molecule has 0 saturated heterocycles. The Bertz CT molecular complexity index is 422. The van der Waals surface area contributed by atoms with E-state index >= 15 is 0 Å². The summed E-state index contributed by atoms with van der Waals surface area (Å²) in [6.45, 7) is 7.45. The summed E-state index contributed by atoms with van der Waals surface area (Å²) in [5.74, 6) is 0.512. The monoisotopic (exact) mass is 283 g/mol. The molecule has 3 heteroatoms. The molecule has 1 fully saturated rings. The SMILES string of the molecule is CC(C)NCC(C)(Cc1c(F)cccc1Cl)C1CC1. The van der Waals surface area contributed by atoms with Crippen LogP contribution in [-0.4, -0.2) is 12.6 Å². The van der Waals surface area contributed by atoms with E-state index in [4.69, 9.17) is 11.6 Å². The number of hydrogen-bond acceptors (Lipinski definition) is 1. The summed E-state index contributed by atoms with van der Waals surface area (Å²) in [6.07, 6.45) is 3.22. The van der Waals surface area contributed by atoms with E-state index in [1.165, 1.54) is 18.9 Å². The summed E-state index contributed by atoms with van der Waals surface area (Å²) in [4.78, 5) is 0. The van der Waals surface area contributed by atoms with Crippen molar-refractivity contribution in [1.82, 2.24) is 5.32 Å². The minimum Gasteiger partial charge on any atom is -0.314 e. The second kappa shape index (κ2) is 5.80. The van der Waals surface area contributed by atoms with E-state index in [-0.39, 0.29) is 11.2 Å². The predicted octanol–water partition coefficient (Wildman–Crippen LogP) is 4.44. The van der Waals surface area contributed by atoms with Crippen LogP contribution in [0.1, 0.15) is 39.2 Å². The Balaban J connectivity index is 2.16. The van der Waals surface area contributed by atoms with E-state index in [2.05, 4.69) is 26.1 Å². The summed E-state index contributed by atoms with van der Waals surface area (Å²) >= 11 is 6.16. The topological polar surface area (TPSA) is 12.0 Å². The van der Waals surface area contributed by atoms with Crippen molar-refractivity contribution in [2.45, 2.75) is 46.1 Å². The fourth-order valence-corrected chi connectivity index (χ4v) is 2.90. The molecule has 1 aromatic rings. The van der Waals surface area contributed by atoms with Gasteiger partial charge in [-0.2, -0.15) is 0 Å². The first-order valence-electron chi connectivity index (χ1n) is 7.08.